The minimum absolute atomic E-state index is 0.0189. The number of sulfonamides is 1. The van der Waals surface area contributed by atoms with Crippen molar-refractivity contribution in [3.05, 3.63) is 65.5 Å². The van der Waals surface area contributed by atoms with Crippen LogP contribution in [0.2, 0.25) is 0 Å². The summed E-state index contributed by atoms with van der Waals surface area (Å²) in [6.45, 7) is 6.79. The van der Waals surface area contributed by atoms with Gasteiger partial charge in [-0.3, -0.25) is 8.87 Å². The van der Waals surface area contributed by atoms with Gasteiger partial charge in [0.2, 0.25) is 16.0 Å². The Kier molecular flexibility index (Phi) is 10.6. The lowest BCUT2D eigenvalue weighted by molar-refractivity contribution is -0.137. The number of anilines is 4. The van der Waals surface area contributed by atoms with Crippen molar-refractivity contribution in [3.8, 4) is 0 Å². The highest BCUT2D eigenvalue weighted by atomic mass is 32.2. The third kappa shape index (κ3) is 9.38. The smallest absolute Gasteiger partial charge is 0.365 e. The van der Waals surface area contributed by atoms with Crippen molar-refractivity contribution in [2.24, 2.45) is 0 Å². The van der Waals surface area contributed by atoms with E-state index in [2.05, 4.69) is 25.6 Å². The van der Waals surface area contributed by atoms with Crippen molar-refractivity contribution >= 4 is 40.9 Å². The summed E-state index contributed by atoms with van der Waals surface area (Å²) in [5.41, 5.74) is 0.259. The molecule has 0 fully saturated rings. The molecule has 1 aromatic carbocycles. The lowest BCUT2D eigenvalue weighted by Crippen LogP contribution is -2.27. The summed E-state index contributed by atoms with van der Waals surface area (Å²) in [5.74, 6) is -0.596. The van der Waals surface area contributed by atoms with Crippen LogP contribution in [0.15, 0.2) is 48.8 Å². The summed E-state index contributed by atoms with van der Waals surface area (Å²) in [6.07, 6.45) is -2.44. The molecule has 2 heterocycles. The maximum Gasteiger partial charge on any atom is 0.421 e. The number of hydrogen-bond donors (Lipinski definition) is 2. The monoisotopic (exact) mass is 630 g/mol. The van der Waals surface area contributed by atoms with Gasteiger partial charge in [-0.05, 0) is 51.5 Å². The fraction of sp³-hybridized carbons (Fsp3) is 0.423. The number of nitrogens with zero attached hydrogens (tertiary/aromatic N) is 4. The van der Waals surface area contributed by atoms with Gasteiger partial charge in [0.15, 0.2) is 0 Å². The van der Waals surface area contributed by atoms with E-state index in [1.54, 1.807) is 64.1 Å². The predicted molar refractivity (Wildman–Crippen MR) is 155 cm³/mol. The molecule has 11 nitrogen and oxygen atoms in total. The van der Waals surface area contributed by atoms with Crippen molar-refractivity contribution in [2.45, 2.75) is 58.8 Å². The minimum atomic E-state index is -4.77. The Hall–Kier alpha value is -3.26. The summed E-state index contributed by atoms with van der Waals surface area (Å²) in [7, 11) is -5.86. The molecule has 0 bridgehead atoms. The van der Waals surface area contributed by atoms with E-state index in [1.807, 2.05) is 0 Å². The number of alkyl halides is 3. The van der Waals surface area contributed by atoms with Crippen molar-refractivity contribution < 1.29 is 35.2 Å². The van der Waals surface area contributed by atoms with Crippen LogP contribution in [0.3, 0.4) is 0 Å². The summed E-state index contributed by atoms with van der Waals surface area (Å²) >= 11 is 0. The zero-order valence-corrected chi connectivity index (χ0v) is 25.7. The highest BCUT2D eigenvalue weighted by Crippen LogP contribution is 2.53. The first-order chi connectivity index (χ1) is 19.5. The van der Waals surface area contributed by atoms with Crippen LogP contribution in [-0.2, 0) is 42.5 Å². The molecule has 0 radical (unpaired) electrons. The van der Waals surface area contributed by atoms with Crippen LogP contribution in [0, 0.1) is 0 Å². The van der Waals surface area contributed by atoms with Crippen molar-refractivity contribution in [1.29, 1.82) is 0 Å². The second kappa shape index (κ2) is 13.4. The van der Waals surface area contributed by atoms with Crippen molar-refractivity contribution in [3.63, 3.8) is 0 Å². The van der Waals surface area contributed by atoms with Crippen LogP contribution in [0.25, 0.3) is 0 Å². The number of aromatic nitrogens is 3. The van der Waals surface area contributed by atoms with Gasteiger partial charge in [0.1, 0.15) is 17.2 Å². The summed E-state index contributed by atoms with van der Waals surface area (Å²) in [4.78, 5) is 11.9. The molecule has 0 amide bonds. The molecule has 2 N–H and O–H groups in total. The number of benzene rings is 1. The molecule has 3 rings (SSSR count). The molecule has 230 valence electrons. The summed E-state index contributed by atoms with van der Waals surface area (Å²) in [5, 5.41) is 5.52. The molecule has 0 aliphatic rings. The van der Waals surface area contributed by atoms with E-state index < -0.39 is 35.2 Å². The highest BCUT2D eigenvalue weighted by Gasteiger charge is 2.35. The molecular weight excluding hydrogens is 596 g/mol. The largest absolute Gasteiger partial charge is 0.421 e. The van der Waals surface area contributed by atoms with Gasteiger partial charge in [-0.2, -0.15) is 18.2 Å². The van der Waals surface area contributed by atoms with E-state index in [4.69, 9.17) is 9.05 Å². The molecule has 0 unspecified atom stereocenters. The first kappa shape index (κ1) is 33.2. The number of hydrogen-bond acceptors (Lipinski definition) is 10. The molecule has 0 spiro atoms. The normalized spacial score (nSPS) is 12.5. The van der Waals surface area contributed by atoms with Crippen LogP contribution < -0.4 is 14.9 Å². The Morgan fingerprint density at radius 1 is 1.05 bits per heavy atom. The number of nitrogens with one attached hydrogen (secondary N) is 2. The average molecular weight is 631 g/mol. The van der Waals surface area contributed by atoms with Crippen LogP contribution in [0.5, 0.6) is 0 Å². The lowest BCUT2D eigenvalue weighted by atomic mass is 10.2. The topological polar surface area (TPSA) is 136 Å². The van der Waals surface area contributed by atoms with Gasteiger partial charge in [-0.1, -0.05) is 18.2 Å². The molecule has 42 heavy (non-hydrogen) atoms. The summed E-state index contributed by atoms with van der Waals surface area (Å²) < 4.78 is 90.9. The fourth-order valence-electron chi connectivity index (χ4n) is 3.81. The van der Waals surface area contributed by atoms with E-state index in [-0.39, 0.29) is 36.7 Å². The first-order valence-electron chi connectivity index (χ1n) is 12.8. The number of pyridine rings is 1. The minimum Gasteiger partial charge on any atom is -0.365 e. The molecule has 2 aromatic heterocycles. The van der Waals surface area contributed by atoms with E-state index >= 15 is 0 Å². The maximum atomic E-state index is 13.8. The average Bonchev–Trinajstić information content (AvgIpc) is 2.85. The summed E-state index contributed by atoms with van der Waals surface area (Å²) in [6, 6.07) is 9.79. The predicted octanol–water partition coefficient (Wildman–Crippen LogP) is 6.19. The second-order valence-corrected chi connectivity index (χ2v) is 13.9. The Bertz CT molecular complexity index is 1520. The zero-order valence-electron chi connectivity index (χ0n) is 24.0. The van der Waals surface area contributed by atoms with Crippen LogP contribution in [-0.4, -0.2) is 48.9 Å². The van der Waals surface area contributed by atoms with Gasteiger partial charge >= 0.3 is 13.8 Å². The Balaban J connectivity index is 1.88. The Morgan fingerprint density at radius 2 is 1.71 bits per heavy atom. The Labute approximate surface area is 243 Å². The van der Waals surface area contributed by atoms with Crippen LogP contribution in [0.1, 0.15) is 44.4 Å². The van der Waals surface area contributed by atoms with Gasteiger partial charge in [0.05, 0.1) is 24.6 Å². The maximum absolute atomic E-state index is 13.8. The molecule has 3 aromatic rings. The third-order valence-electron chi connectivity index (χ3n) is 5.51. The van der Waals surface area contributed by atoms with E-state index in [1.165, 1.54) is 13.2 Å². The van der Waals surface area contributed by atoms with E-state index in [0.29, 0.717) is 23.0 Å². The van der Waals surface area contributed by atoms with Crippen LogP contribution >= 0.6 is 7.60 Å². The molecule has 16 heteroatoms. The number of halogens is 3. The van der Waals surface area contributed by atoms with Gasteiger partial charge in [-0.25, -0.2) is 18.4 Å². The van der Waals surface area contributed by atoms with Crippen LogP contribution in [0.4, 0.5) is 36.4 Å². The first-order valence-corrected chi connectivity index (χ1v) is 16.4. The molecule has 0 aliphatic carbocycles. The molecule has 0 saturated carbocycles. The quantitative estimate of drug-likeness (QED) is 0.211. The van der Waals surface area contributed by atoms with Gasteiger partial charge < -0.3 is 19.7 Å². The third-order valence-corrected chi connectivity index (χ3v) is 8.91. The van der Waals surface area contributed by atoms with Gasteiger partial charge in [-0.15, -0.1) is 0 Å². The SMILES string of the molecule is CC(C)OP(=O)(Cc1cccc(Nc2ncc(C(F)(F)F)c(NCc3cccnc3N(C)S(C)(=O)=O)n2)c1)OC(C)C. The molecule has 0 aliphatic heterocycles. The highest BCUT2D eigenvalue weighted by molar-refractivity contribution is 7.92. The number of rotatable bonds is 13. The molecule has 0 saturated heterocycles. The van der Waals surface area contributed by atoms with Crippen molar-refractivity contribution in [1.82, 2.24) is 15.0 Å². The second-order valence-electron chi connectivity index (χ2n) is 9.93. The van der Waals surface area contributed by atoms with E-state index in [0.717, 1.165) is 10.6 Å². The van der Waals surface area contributed by atoms with Crippen molar-refractivity contribution in [2.75, 3.05) is 28.2 Å². The molecular formula is C26H34F3N6O5PS. The van der Waals surface area contributed by atoms with Gasteiger partial charge in [0, 0.05) is 37.2 Å². The standard InChI is InChI=1S/C26H34F3N6O5PS/c1-17(2)39-41(36,40-18(3)4)16-19-9-7-11-21(13-19)33-25-32-15-22(26(27,28)29)23(34-25)31-14-20-10-8-12-30-24(20)35(5)42(6,37)38/h7-13,15,17-18H,14,16H2,1-6H3,(H2,31,32,33,34). The Morgan fingerprint density at radius 3 is 2.31 bits per heavy atom. The molecule has 0 atom stereocenters. The lowest BCUT2D eigenvalue weighted by Gasteiger charge is -2.23. The van der Waals surface area contributed by atoms with Gasteiger partial charge in [0.25, 0.3) is 0 Å². The van der Waals surface area contributed by atoms with E-state index in [9.17, 15) is 26.2 Å². The zero-order chi connectivity index (χ0) is 31.3. The fourth-order valence-corrected chi connectivity index (χ4v) is 6.42.